The second-order valence-corrected chi connectivity index (χ2v) is 4.41. The predicted molar refractivity (Wildman–Crippen MR) is 54.7 cm³/mol. The number of aliphatic imine (C=N–C) groups is 1. The summed E-state index contributed by atoms with van der Waals surface area (Å²) in [6.07, 6.45) is 6.15. The highest BCUT2D eigenvalue weighted by Gasteiger charge is 2.18. The van der Waals surface area contributed by atoms with Crippen LogP contribution in [-0.2, 0) is 0 Å². The highest BCUT2D eigenvalue weighted by molar-refractivity contribution is 5.61. The molecule has 0 amide bonds. The summed E-state index contributed by atoms with van der Waals surface area (Å²) in [5, 5.41) is 0. The van der Waals surface area contributed by atoms with Crippen LogP contribution in [-0.4, -0.2) is 12.8 Å². The van der Waals surface area contributed by atoms with E-state index >= 15 is 0 Å². The van der Waals surface area contributed by atoms with E-state index in [0.29, 0.717) is 0 Å². The molecule has 1 rings (SSSR count). The van der Waals surface area contributed by atoms with Crippen LogP contribution in [0.3, 0.4) is 0 Å². The molecule has 1 aliphatic rings. The predicted octanol–water partition coefficient (Wildman–Crippen LogP) is 3.15. The molecule has 0 radical (unpaired) electrons. The SMILES string of the molecule is CCC1C=NCC(CC(C)C)C1. The number of hydrogen-bond acceptors (Lipinski definition) is 1. The van der Waals surface area contributed by atoms with Crippen LogP contribution < -0.4 is 0 Å². The van der Waals surface area contributed by atoms with Crippen LogP contribution in [0.5, 0.6) is 0 Å². The number of nitrogens with zero attached hydrogens (tertiary/aromatic N) is 1. The van der Waals surface area contributed by atoms with Gasteiger partial charge >= 0.3 is 0 Å². The summed E-state index contributed by atoms with van der Waals surface area (Å²) in [6, 6.07) is 0. The molecule has 1 heteroatoms. The first-order valence-corrected chi connectivity index (χ1v) is 5.22. The molecular weight excluding hydrogens is 146 g/mol. The summed E-state index contributed by atoms with van der Waals surface area (Å²) >= 11 is 0. The average Bonchev–Trinajstić information content (AvgIpc) is 2.03. The lowest BCUT2D eigenvalue weighted by Gasteiger charge is -2.24. The first kappa shape index (κ1) is 9.76. The molecule has 2 atom stereocenters. The van der Waals surface area contributed by atoms with Crippen LogP contribution in [0.25, 0.3) is 0 Å². The van der Waals surface area contributed by atoms with Gasteiger partial charge in [0.25, 0.3) is 0 Å². The Morgan fingerprint density at radius 3 is 2.83 bits per heavy atom. The van der Waals surface area contributed by atoms with E-state index in [-0.39, 0.29) is 0 Å². The Labute approximate surface area is 76.3 Å². The lowest BCUT2D eigenvalue weighted by molar-refractivity contribution is 0.350. The third-order valence-electron chi connectivity index (χ3n) is 2.65. The van der Waals surface area contributed by atoms with Gasteiger partial charge in [-0.3, -0.25) is 4.99 Å². The van der Waals surface area contributed by atoms with E-state index < -0.39 is 0 Å². The fourth-order valence-corrected chi connectivity index (χ4v) is 2.03. The topological polar surface area (TPSA) is 12.4 Å². The van der Waals surface area contributed by atoms with Crippen LogP contribution >= 0.6 is 0 Å². The van der Waals surface area contributed by atoms with Crippen LogP contribution in [0.15, 0.2) is 4.99 Å². The van der Waals surface area contributed by atoms with E-state index in [1.54, 1.807) is 0 Å². The maximum Gasteiger partial charge on any atom is 0.0414 e. The smallest absolute Gasteiger partial charge is 0.0414 e. The Balaban J connectivity index is 2.34. The van der Waals surface area contributed by atoms with Gasteiger partial charge in [0.2, 0.25) is 0 Å². The van der Waals surface area contributed by atoms with Crippen molar-refractivity contribution in [3.8, 4) is 0 Å². The van der Waals surface area contributed by atoms with Gasteiger partial charge in [0.15, 0.2) is 0 Å². The van der Waals surface area contributed by atoms with E-state index in [9.17, 15) is 0 Å². The Morgan fingerprint density at radius 2 is 2.25 bits per heavy atom. The molecule has 0 bridgehead atoms. The first-order chi connectivity index (χ1) is 5.72. The Morgan fingerprint density at radius 1 is 1.50 bits per heavy atom. The Hall–Kier alpha value is -0.330. The molecule has 1 nitrogen and oxygen atoms in total. The molecule has 0 aromatic rings. The van der Waals surface area contributed by atoms with Crippen molar-refractivity contribution in [1.29, 1.82) is 0 Å². The maximum absolute atomic E-state index is 4.44. The normalized spacial score (nSPS) is 29.7. The molecule has 0 aliphatic carbocycles. The zero-order valence-corrected chi connectivity index (χ0v) is 8.59. The van der Waals surface area contributed by atoms with Gasteiger partial charge in [-0.25, -0.2) is 0 Å². The van der Waals surface area contributed by atoms with E-state index in [0.717, 1.165) is 24.3 Å². The molecule has 1 heterocycles. The molecule has 0 spiro atoms. The zero-order valence-electron chi connectivity index (χ0n) is 8.59. The van der Waals surface area contributed by atoms with Gasteiger partial charge < -0.3 is 0 Å². The monoisotopic (exact) mass is 167 g/mol. The molecule has 0 saturated heterocycles. The quantitative estimate of drug-likeness (QED) is 0.612. The largest absolute Gasteiger partial charge is 0.297 e. The minimum atomic E-state index is 0.766. The fraction of sp³-hybridized carbons (Fsp3) is 0.909. The van der Waals surface area contributed by atoms with Crippen molar-refractivity contribution in [2.24, 2.45) is 22.7 Å². The summed E-state index contributed by atoms with van der Waals surface area (Å²) in [4.78, 5) is 4.44. The van der Waals surface area contributed by atoms with Crippen molar-refractivity contribution in [3.63, 3.8) is 0 Å². The van der Waals surface area contributed by atoms with E-state index in [2.05, 4.69) is 32.0 Å². The molecule has 70 valence electrons. The summed E-state index contributed by atoms with van der Waals surface area (Å²) < 4.78 is 0. The highest BCUT2D eigenvalue weighted by atomic mass is 14.7. The van der Waals surface area contributed by atoms with Gasteiger partial charge in [-0.1, -0.05) is 20.8 Å². The molecule has 2 unspecified atom stereocenters. The van der Waals surface area contributed by atoms with E-state index in [1.807, 2.05) is 0 Å². The van der Waals surface area contributed by atoms with Gasteiger partial charge in [-0.15, -0.1) is 0 Å². The zero-order chi connectivity index (χ0) is 8.97. The molecule has 0 saturated carbocycles. The molecule has 0 N–H and O–H groups in total. The van der Waals surface area contributed by atoms with Crippen molar-refractivity contribution < 1.29 is 0 Å². The molecule has 0 aromatic carbocycles. The second kappa shape index (κ2) is 4.64. The highest BCUT2D eigenvalue weighted by Crippen LogP contribution is 2.24. The molecule has 0 aromatic heterocycles. The van der Waals surface area contributed by atoms with E-state index in [1.165, 1.54) is 19.3 Å². The van der Waals surface area contributed by atoms with Gasteiger partial charge in [0.05, 0.1) is 0 Å². The van der Waals surface area contributed by atoms with Crippen molar-refractivity contribution >= 4 is 6.21 Å². The lowest BCUT2D eigenvalue weighted by Crippen LogP contribution is -2.19. The molecular formula is C11H21N. The average molecular weight is 167 g/mol. The van der Waals surface area contributed by atoms with Gasteiger partial charge in [0.1, 0.15) is 0 Å². The third-order valence-corrected chi connectivity index (χ3v) is 2.65. The van der Waals surface area contributed by atoms with Crippen LogP contribution in [0.2, 0.25) is 0 Å². The third kappa shape index (κ3) is 2.96. The summed E-state index contributed by atoms with van der Waals surface area (Å²) in [5.41, 5.74) is 0. The van der Waals surface area contributed by atoms with Gasteiger partial charge in [0, 0.05) is 12.8 Å². The molecule has 12 heavy (non-hydrogen) atoms. The Kier molecular flexibility index (Phi) is 3.77. The van der Waals surface area contributed by atoms with Crippen molar-refractivity contribution in [2.75, 3.05) is 6.54 Å². The summed E-state index contributed by atoms with van der Waals surface area (Å²) in [5.74, 6) is 2.46. The van der Waals surface area contributed by atoms with Crippen molar-refractivity contribution in [2.45, 2.75) is 40.0 Å². The minimum absolute atomic E-state index is 0.766. The standard InChI is InChI=1S/C11H21N/c1-4-10-6-11(5-9(2)3)8-12-7-10/h7,9-11H,4-6,8H2,1-3H3. The lowest BCUT2D eigenvalue weighted by atomic mass is 9.86. The molecule has 1 aliphatic heterocycles. The van der Waals surface area contributed by atoms with Crippen LogP contribution in [0, 0.1) is 17.8 Å². The maximum atomic E-state index is 4.44. The van der Waals surface area contributed by atoms with Crippen LogP contribution in [0.1, 0.15) is 40.0 Å². The van der Waals surface area contributed by atoms with Gasteiger partial charge in [-0.2, -0.15) is 0 Å². The van der Waals surface area contributed by atoms with Crippen molar-refractivity contribution in [3.05, 3.63) is 0 Å². The van der Waals surface area contributed by atoms with E-state index in [4.69, 9.17) is 0 Å². The Bertz CT molecular complexity index is 149. The fourth-order valence-electron chi connectivity index (χ4n) is 2.03. The molecule has 0 fully saturated rings. The minimum Gasteiger partial charge on any atom is -0.297 e. The first-order valence-electron chi connectivity index (χ1n) is 5.22. The van der Waals surface area contributed by atoms with Gasteiger partial charge in [-0.05, 0) is 37.0 Å². The number of hydrogen-bond donors (Lipinski definition) is 0. The summed E-state index contributed by atoms with van der Waals surface area (Å²) in [6.45, 7) is 7.95. The summed E-state index contributed by atoms with van der Waals surface area (Å²) in [7, 11) is 0. The second-order valence-electron chi connectivity index (χ2n) is 4.41. The van der Waals surface area contributed by atoms with Crippen molar-refractivity contribution in [1.82, 2.24) is 0 Å². The number of rotatable bonds is 3. The van der Waals surface area contributed by atoms with Crippen LogP contribution in [0.4, 0.5) is 0 Å².